The highest BCUT2D eigenvalue weighted by atomic mass is 32.1. The lowest BCUT2D eigenvalue weighted by Crippen LogP contribution is -2.36. The van der Waals surface area contributed by atoms with Crippen LogP contribution in [0.15, 0.2) is 42.5 Å². The van der Waals surface area contributed by atoms with E-state index in [1.165, 1.54) is 24.3 Å². The van der Waals surface area contributed by atoms with Gasteiger partial charge in [0.1, 0.15) is 0 Å². The molecule has 11 heteroatoms. The van der Waals surface area contributed by atoms with Crippen LogP contribution in [0.25, 0.3) is 10.1 Å². The van der Waals surface area contributed by atoms with Crippen molar-refractivity contribution in [3.8, 4) is 0 Å². The first-order chi connectivity index (χ1) is 14.7. The van der Waals surface area contributed by atoms with Crippen LogP contribution in [-0.4, -0.2) is 37.1 Å². The van der Waals surface area contributed by atoms with Gasteiger partial charge in [-0.25, -0.2) is 0 Å². The lowest BCUT2D eigenvalue weighted by molar-refractivity contribution is -0.384. The molecule has 0 saturated carbocycles. The fourth-order valence-electron chi connectivity index (χ4n) is 3.33. The van der Waals surface area contributed by atoms with E-state index in [2.05, 4.69) is 5.32 Å². The van der Waals surface area contributed by atoms with Crippen LogP contribution in [0.2, 0.25) is 0 Å². The van der Waals surface area contributed by atoms with E-state index in [4.69, 9.17) is 4.74 Å². The average Bonchev–Trinajstić information content (AvgIpc) is 3.17. The first-order valence-corrected chi connectivity index (χ1v) is 10.1. The molecule has 1 saturated heterocycles. The van der Waals surface area contributed by atoms with E-state index in [1.54, 1.807) is 6.07 Å². The van der Waals surface area contributed by atoms with Gasteiger partial charge in [0.2, 0.25) is 0 Å². The molecule has 4 rings (SSSR count). The maximum absolute atomic E-state index is 13.2. The Kier molecular flexibility index (Phi) is 5.54. The minimum atomic E-state index is -4.56. The van der Waals surface area contributed by atoms with Crippen molar-refractivity contribution in [1.29, 1.82) is 0 Å². The van der Waals surface area contributed by atoms with E-state index >= 15 is 0 Å². The van der Waals surface area contributed by atoms with Gasteiger partial charge in [0.15, 0.2) is 0 Å². The van der Waals surface area contributed by atoms with E-state index in [0.29, 0.717) is 42.1 Å². The Hall–Kier alpha value is -3.18. The molecule has 2 aromatic carbocycles. The summed E-state index contributed by atoms with van der Waals surface area (Å²) in [7, 11) is 0. The van der Waals surface area contributed by atoms with Crippen molar-refractivity contribution in [3.05, 3.63) is 63.0 Å². The Labute approximate surface area is 178 Å². The molecule has 0 radical (unpaired) electrons. The summed E-state index contributed by atoms with van der Waals surface area (Å²) in [5, 5.41) is 14.1. The largest absolute Gasteiger partial charge is 0.416 e. The second-order valence-electron chi connectivity index (χ2n) is 6.87. The third kappa shape index (κ3) is 4.47. The van der Waals surface area contributed by atoms with Crippen molar-refractivity contribution >= 4 is 44.4 Å². The molecule has 1 fully saturated rings. The van der Waals surface area contributed by atoms with E-state index in [1.807, 2.05) is 4.90 Å². The number of morpholine rings is 1. The number of ether oxygens (including phenoxy) is 1. The highest BCUT2D eigenvalue weighted by Gasteiger charge is 2.32. The van der Waals surface area contributed by atoms with Gasteiger partial charge in [-0.3, -0.25) is 14.9 Å². The number of rotatable bonds is 4. The normalized spacial score (nSPS) is 14.6. The Morgan fingerprint density at radius 1 is 1.13 bits per heavy atom. The minimum Gasteiger partial charge on any atom is -0.378 e. The highest BCUT2D eigenvalue weighted by Crippen LogP contribution is 2.36. The lowest BCUT2D eigenvalue weighted by atomic mass is 10.1. The van der Waals surface area contributed by atoms with Gasteiger partial charge in [-0.05, 0) is 30.3 Å². The number of carbonyl (C=O) groups is 1. The zero-order valence-corrected chi connectivity index (χ0v) is 16.8. The zero-order chi connectivity index (χ0) is 22.2. The number of hydrogen-bond donors (Lipinski definition) is 1. The molecule has 1 aliphatic rings. The van der Waals surface area contributed by atoms with E-state index in [-0.39, 0.29) is 16.3 Å². The smallest absolute Gasteiger partial charge is 0.378 e. The van der Waals surface area contributed by atoms with E-state index < -0.39 is 22.6 Å². The van der Waals surface area contributed by atoms with Crippen molar-refractivity contribution in [2.45, 2.75) is 6.18 Å². The van der Waals surface area contributed by atoms with Crippen LogP contribution in [0.4, 0.5) is 30.2 Å². The summed E-state index contributed by atoms with van der Waals surface area (Å²) >= 11 is 1.11. The van der Waals surface area contributed by atoms with Crippen LogP contribution in [0, 0.1) is 10.1 Å². The number of alkyl halides is 3. The molecule has 2 heterocycles. The molecule has 0 spiro atoms. The number of amides is 1. The number of carbonyl (C=O) groups excluding carboxylic acids is 1. The molecule has 0 unspecified atom stereocenters. The van der Waals surface area contributed by atoms with Gasteiger partial charge in [0, 0.05) is 35.3 Å². The molecule has 0 atom stereocenters. The lowest BCUT2D eigenvalue weighted by Gasteiger charge is -2.31. The maximum atomic E-state index is 13.2. The van der Waals surface area contributed by atoms with Gasteiger partial charge in [-0.2, -0.15) is 13.2 Å². The minimum absolute atomic E-state index is 0.0464. The molecule has 31 heavy (non-hydrogen) atoms. The summed E-state index contributed by atoms with van der Waals surface area (Å²) in [4.78, 5) is 25.3. The van der Waals surface area contributed by atoms with Crippen LogP contribution < -0.4 is 10.2 Å². The summed E-state index contributed by atoms with van der Waals surface area (Å²) < 4.78 is 45.7. The quantitative estimate of drug-likeness (QED) is 0.450. The number of nitrogens with one attached hydrogen (secondary N) is 1. The van der Waals surface area contributed by atoms with E-state index in [0.717, 1.165) is 23.5 Å². The van der Waals surface area contributed by atoms with Gasteiger partial charge in [-0.15, -0.1) is 11.3 Å². The molecular formula is C20H16F3N3O4S. The third-order valence-corrected chi connectivity index (χ3v) is 5.97. The number of non-ortho nitro benzene ring substituents is 1. The van der Waals surface area contributed by atoms with Crippen molar-refractivity contribution in [3.63, 3.8) is 0 Å². The topological polar surface area (TPSA) is 84.7 Å². The number of thiophene rings is 1. The zero-order valence-electron chi connectivity index (χ0n) is 15.9. The summed E-state index contributed by atoms with van der Waals surface area (Å²) in [5.41, 5.74) is -0.455. The predicted molar refractivity (Wildman–Crippen MR) is 111 cm³/mol. The van der Waals surface area contributed by atoms with Gasteiger partial charge in [0.25, 0.3) is 11.6 Å². The fraction of sp³-hybridized carbons (Fsp3) is 0.250. The SMILES string of the molecule is O=C(Nc1cc(C(F)(F)F)ccc1N1CCOCC1)c1cc2cc([N+](=O)[O-])ccc2s1. The third-order valence-electron chi connectivity index (χ3n) is 4.86. The number of nitrogens with zero attached hydrogens (tertiary/aromatic N) is 2. The molecular weight excluding hydrogens is 435 g/mol. The van der Waals surface area contributed by atoms with Crippen molar-refractivity contribution in [2.75, 3.05) is 36.5 Å². The number of fused-ring (bicyclic) bond motifs is 1. The number of halogens is 3. The molecule has 0 aliphatic carbocycles. The molecule has 3 aromatic rings. The van der Waals surface area contributed by atoms with Gasteiger partial charge >= 0.3 is 6.18 Å². The van der Waals surface area contributed by atoms with Crippen molar-refractivity contribution < 1.29 is 27.6 Å². The maximum Gasteiger partial charge on any atom is 0.416 e. The number of anilines is 2. The molecule has 7 nitrogen and oxygen atoms in total. The fourth-order valence-corrected chi connectivity index (χ4v) is 4.27. The number of hydrogen-bond acceptors (Lipinski definition) is 6. The van der Waals surface area contributed by atoms with Crippen LogP contribution >= 0.6 is 11.3 Å². The standard InChI is InChI=1S/C20H16F3N3O4S/c21-20(22,23)13-1-3-16(25-5-7-30-8-6-25)15(11-13)24-19(27)18-10-12-9-14(26(28)29)2-4-17(12)31-18/h1-4,9-11H,5-8H2,(H,24,27). The van der Waals surface area contributed by atoms with Gasteiger partial charge in [0.05, 0.1) is 40.0 Å². The average molecular weight is 451 g/mol. The summed E-state index contributed by atoms with van der Waals surface area (Å²) in [6.45, 7) is 1.84. The second kappa shape index (κ2) is 8.16. The van der Waals surface area contributed by atoms with Gasteiger partial charge in [-0.1, -0.05) is 0 Å². The van der Waals surface area contributed by atoms with Crippen LogP contribution in [0.3, 0.4) is 0 Å². The Morgan fingerprint density at radius 3 is 2.55 bits per heavy atom. The number of nitro groups is 1. The summed E-state index contributed by atoms with van der Waals surface area (Å²) in [6.07, 6.45) is -4.56. The molecule has 1 amide bonds. The van der Waals surface area contributed by atoms with Crippen LogP contribution in [0.1, 0.15) is 15.2 Å². The van der Waals surface area contributed by atoms with Crippen molar-refractivity contribution in [2.24, 2.45) is 0 Å². The van der Waals surface area contributed by atoms with Crippen LogP contribution in [0.5, 0.6) is 0 Å². The molecule has 1 N–H and O–H groups in total. The summed E-state index contributed by atoms with van der Waals surface area (Å²) in [6, 6.07) is 8.97. The Balaban J connectivity index is 1.67. The highest BCUT2D eigenvalue weighted by molar-refractivity contribution is 7.20. The summed E-state index contributed by atoms with van der Waals surface area (Å²) in [5.74, 6) is -0.585. The van der Waals surface area contributed by atoms with E-state index in [9.17, 15) is 28.1 Å². The first-order valence-electron chi connectivity index (χ1n) is 9.25. The second-order valence-corrected chi connectivity index (χ2v) is 7.96. The molecule has 0 bridgehead atoms. The van der Waals surface area contributed by atoms with Crippen LogP contribution in [-0.2, 0) is 10.9 Å². The number of benzene rings is 2. The predicted octanol–water partition coefficient (Wildman–Crippen LogP) is 4.92. The molecule has 1 aliphatic heterocycles. The molecule has 162 valence electrons. The Bertz CT molecular complexity index is 1160. The van der Waals surface area contributed by atoms with Crippen molar-refractivity contribution in [1.82, 2.24) is 0 Å². The first kappa shape index (κ1) is 21.1. The Morgan fingerprint density at radius 2 is 1.87 bits per heavy atom. The number of nitro benzene ring substituents is 1. The van der Waals surface area contributed by atoms with Gasteiger partial charge < -0.3 is 15.0 Å². The molecule has 1 aromatic heterocycles. The monoisotopic (exact) mass is 451 g/mol.